The number of fused-ring (bicyclic) bond motifs is 1. The number of carbonyl (C=O) groups excluding carboxylic acids is 2. The number of halogens is 2. The highest BCUT2D eigenvalue weighted by Crippen LogP contribution is 2.30. The predicted molar refractivity (Wildman–Crippen MR) is 106 cm³/mol. The lowest BCUT2D eigenvalue weighted by atomic mass is 10.0. The molecule has 1 fully saturated rings. The second-order valence-electron chi connectivity index (χ2n) is 6.99. The van der Waals surface area contributed by atoms with Crippen LogP contribution in [-0.4, -0.2) is 45.8 Å². The minimum Gasteiger partial charge on any atom is -0.372 e. The summed E-state index contributed by atoms with van der Waals surface area (Å²) in [7, 11) is 0. The number of H-pyrrole nitrogens is 1. The van der Waals surface area contributed by atoms with E-state index in [1.54, 1.807) is 30.5 Å². The normalized spacial score (nSPS) is 19.1. The van der Waals surface area contributed by atoms with Gasteiger partial charge in [0.2, 0.25) is 5.60 Å². The molecule has 0 unspecified atom stereocenters. The van der Waals surface area contributed by atoms with Gasteiger partial charge < -0.3 is 15.3 Å². The largest absolute Gasteiger partial charge is 0.372 e. The molecule has 7 nitrogen and oxygen atoms in total. The molecule has 1 atom stereocenters. The predicted octanol–water partition coefficient (Wildman–Crippen LogP) is 2.18. The van der Waals surface area contributed by atoms with Crippen LogP contribution in [0.3, 0.4) is 0 Å². The summed E-state index contributed by atoms with van der Waals surface area (Å²) in [5, 5.41) is 21.1. The first-order chi connectivity index (χ1) is 13.9. The molecule has 1 aliphatic rings. The van der Waals surface area contributed by atoms with E-state index in [9.17, 15) is 19.1 Å². The third-order valence-corrected chi connectivity index (χ3v) is 5.25. The number of rotatable bonds is 5. The monoisotopic (exact) mass is 416 g/mol. The van der Waals surface area contributed by atoms with Crippen molar-refractivity contribution >= 4 is 40.0 Å². The first kappa shape index (κ1) is 19.4. The molecule has 0 spiro atoms. The van der Waals surface area contributed by atoms with E-state index in [1.807, 2.05) is 0 Å². The van der Waals surface area contributed by atoms with Crippen LogP contribution in [0.1, 0.15) is 12.0 Å². The summed E-state index contributed by atoms with van der Waals surface area (Å²) in [4.78, 5) is 26.7. The van der Waals surface area contributed by atoms with Crippen molar-refractivity contribution < 1.29 is 19.1 Å². The van der Waals surface area contributed by atoms with E-state index >= 15 is 0 Å². The Morgan fingerprint density at radius 2 is 2.17 bits per heavy atom. The van der Waals surface area contributed by atoms with Crippen LogP contribution in [0.5, 0.6) is 0 Å². The van der Waals surface area contributed by atoms with Gasteiger partial charge in [0.25, 0.3) is 11.8 Å². The maximum atomic E-state index is 13.4. The van der Waals surface area contributed by atoms with Crippen LogP contribution < -0.4 is 10.2 Å². The van der Waals surface area contributed by atoms with Crippen LogP contribution in [-0.2, 0) is 16.0 Å². The van der Waals surface area contributed by atoms with Crippen molar-refractivity contribution in [3.8, 4) is 0 Å². The van der Waals surface area contributed by atoms with Crippen LogP contribution in [0, 0.1) is 5.82 Å². The third kappa shape index (κ3) is 3.68. The van der Waals surface area contributed by atoms with Crippen LogP contribution in [0.4, 0.5) is 10.1 Å². The van der Waals surface area contributed by atoms with Crippen molar-refractivity contribution in [1.82, 2.24) is 15.5 Å². The molecule has 4 rings (SSSR count). The highest BCUT2D eigenvalue weighted by atomic mass is 35.5. The summed E-state index contributed by atoms with van der Waals surface area (Å²) < 4.78 is 13.4. The molecule has 2 heterocycles. The first-order valence-corrected chi connectivity index (χ1v) is 9.45. The Bertz CT molecular complexity index is 1080. The van der Waals surface area contributed by atoms with Crippen molar-refractivity contribution in [1.29, 1.82) is 0 Å². The lowest BCUT2D eigenvalue weighted by molar-refractivity contribution is -0.149. The summed E-state index contributed by atoms with van der Waals surface area (Å²) in [6.07, 6.45) is 1.93. The Morgan fingerprint density at radius 1 is 1.34 bits per heavy atom. The minimum atomic E-state index is -2.13. The lowest BCUT2D eigenvalue weighted by Crippen LogP contribution is -2.52. The van der Waals surface area contributed by atoms with Gasteiger partial charge in [-0.2, -0.15) is 5.10 Å². The number of carbonyl (C=O) groups is 2. The van der Waals surface area contributed by atoms with E-state index in [2.05, 4.69) is 15.5 Å². The molecule has 0 radical (unpaired) electrons. The number of hydrogen-bond donors (Lipinski definition) is 3. The number of aliphatic hydroxyl groups is 1. The molecule has 1 saturated heterocycles. The van der Waals surface area contributed by atoms with E-state index in [-0.39, 0.29) is 24.5 Å². The molecule has 0 saturated carbocycles. The number of amides is 2. The van der Waals surface area contributed by atoms with Gasteiger partial charge in [-0.1, -0.05) is 11.6 Å². The molecule has 1 aliphatic heterocycles. The Hall–Kier alpha value is -2.97. The maximum Gasteiger partial charge on any atom is 0.268 e. The molecule has 0 bridgehead atoms. The Morgan fingerprint density at radius 3 is 2.97 bits per heavy atom. The Balaban J connectivity index is 1.42. The van der Waals surface area contributed by atoms with Crippen molar-refractivity contribution in [3.05, 3.63) is 59.0 Å². The second-order valence-corrected chi connectivity index (χ2v) is 7.43. The van der Waals surface area contributed by atoms with Gasteiger partial charge in [-0.05, 0) is 48.4 Å². The van der Waals surface area contributed by atoms with E-state index in [0.29, 0.717) is 17.7 Å². The number of nitrogens with one attached hydrogen (secondary N) is 2. The summed E-state index contributed by atoms with van der Waals surface area (Å²) in [5.41, 5.74) is -0.117. The summed E-state index contributed by atoms with van der Waals surface area (Å²) in [6, 6.07) is 9.40. The first-order valence-electron chi connectivity index (χ1n) is 9.07. The van der Waals surface area contributed by atoms with Gasteiger partial charge in [-0.3, -0.25) is 14.7 Å². The molecule has 3 N–H and O–H groups in total. The summed E-state index contributed by atoms with van der Waals surface area (Å²) >= 11 is 5.82. The third-order valence-electron chi connectivity index (χ3n) is 5.03. The molecule has 0 aliphatic carbocycles. The van der Waals surface area contributed by atoms with Crippen LogP contribution in [0.25, 0.3) is 10.9 Å². The Labute approximate surface area is 170 Å². The average Bonchev–Trinajstić information content (AvgIpc) is 3.26. The molecule has 3 aromatic rings. The van der Waals surface area contributed by atoms with Gasteiger partial charge in [0.05, 0.1) is 11.7 Å². The van der Waals surface area contributed by atoms with E-state index in [1.165, 1.54) is 17.0 Å². The molecular formula is C20H18ClFN4O3. The van der Waals surface area contributed by atoms with Crippen molar-refractivity contribution in [2.24, 2.45) is 0 Å². The molecule has 2 aromatic carbocycles. The van der Waals surface area contributed by atoms with E-state index in [4.69, 9.17) is 11.6 Å². The van der Waals surface area contributed by atoms with Gasteiger partial charge in [-0.25, -0.2) is 4.39 Å². The fourth-order valence-electron chi connectivity index (χ4n) is 3.48. The highest BCUT2D eigenvalue weighted by molar-refractivity contribution is 6.30. The Kier molecular flexibility index (Phi) is 4.97. The SMILES string of the molecule is O=C(NCCc1cc(F)cc(Cl)c1)[C@@]1(O)CCN(c2ccc3[nH]ncc3c2)C1=O. The van der Waals surface area contributed by atoms with E-state index < -0.39 is 23.2 Å². The van der Waals surface area contributed by atoms with Gasteiger partial charge in [0.15, 0.2) is 0 Å². The average molecular weight is 417 g/mol. The van der Waals surface area contributed by atoms with Crippen molar-refractivity contribution in [2.75, 3.05) is 18.0 Å². The van der Waals surface area contributed by atoms with Crippen molar-refractivity contribution in [3.63, 3.8) is 0 Å². The lowest BCUT2D eigenvalue weighted by Gasteiger charge is -2.22. The van der Waals surface area contributed by atoms with Crippen LogP contribution >= 0.6 is 11.6 Å². The minimum absolute atomic E-state index is 0.0209. The maximum absolute atomic E-state index is 13.4. The van der Waals surface area contributed by atoms with E-state index in [0.717, 1.165) is 10.9 Å². The quantitative estimate of drug-likeness (QED) is 0.555. The van der Waals surface area contributed by atoms with Gasteiger partial charge in [-0.15, -0.1) is 0 Å². The zero-order chi connectivity index (χ0) is 20.6. The number of aromatic nitrogens is 2. The smallest absolute Gasteiger partial charge is 0.268 e. The standard InChI is InChI=1S/C20H18ClFN4O3/c21-14-7-12(8-15(22)10-14)3-5-23-18(27)20(29)4-6-26(19(20)28)16-1-2-17-13(9-16)11-24-25-17/h1-2,7-11,29H,3-6H2,(H,23,27)(H,24,25)/t20-/m0/s1. The molecule has 1 aromatic heterocycles. The van der Waals surface area contributed by atoms with Gasteiger partial charge in [0, 0.05) is 35.6 Å². The van der Waals surface area contributed by atoms with Crippen LogP contribution in [0.15, 0.2) is 42.6 Å². The zero-order valence-corrected chi connectivity index (χ0v) is 16.0. The highest BCUT2D eigenvalue weighted by Gasteiger charge is 2.51. The fraction of sp³-hybridized carbons (Fsp3) is 0.250. The van der Waals surface area contributed by atoms with Gasteiger partial charge >= 0.3 is 0 Å². The molecule has 29 heavy (non-hydrogen) atoms. The fourth-order valence-corrected chi connectivity index (χ4v) is 3.73. The summed E-state index contributed by atoms with van der Waals surface area (Å²) in [5.74, 6) is -1.91. The topological polar surface area (TPSA) is 98.3 Å². The number of anilines is 1. The van der Waals surface area contributed by atoms with Crippen LogP contribution in [0.2, 0.25) is 5.02 Å². The molecule has 2 amide bonds. The number of benzene rings is 2. The molecule has 9 heteroatoms. The number of aromatic amines is 1. The van der Waals surface area contributed by atoms with Crippen molar-refractivity contribution in [2.45, 2.75) is 18.4 Å². The summed E-state index contributed by atoms with van der Waals surface area (Å²) in [6.45, 7) is 0.348. The molecular weight excluding hydrogens is 399 g/mol. The number of nitrogens with zero attached hydrogens (tertiary/aromatic N) is 2. The zero-order valence-electron chi connectivity index (χ0n) is 15.3. The van der Waals surface area contributed by atoms with Gasteiger partial charge in [0.1, 0.15) is 5.82 Å². The second kappa shape index (κ2) is 7.46. The molecule has 150 valence electrons. The number of hydrogen-bond acceptors (Lipinski definition) is 4.